The Morgan fingerprint density at radius 1 is 0.912 bits per heavy atom. The highest BCUT2D eigenvalue weighted by atomic mass is 16.2. The van der Waals surface area contributed by atoms with Crippen LogP contribution in [0.25, 0.3) is 22.2 Å². The molecular weight excluding hydrogens is 426 g/mol. The molecule has 34 heavy (non-hydrogen) atoms. The SMILES string of the molecule is CC(C)c1cccc(C(C)C)c1NC(=O)Nc1c(-c2cccnc2)c2cccnc2n(C)c1=O.[HH].[HH]. The van der Waals surface area contributed by atoms with Gasteiger partial charge in [-0.3, -0.25) is 14.3 Å². The predicted molar refractivity (Wildman–Crippen MR) is 142 cm³/mol. The topological polar surface area (TPSA) is 88.9 Å². The van der Waals surface area contributed by atoms with Crippen molar-refractivity contribution in [3.8, 4) is 11.1 Å². The Kier molecular flexibility index (Phi) is 6.45. The molecule has 4 aromatic rings. The zero-order valence-electron chi connectivity index (χ0n) is 20.1. The number of aromatic nitrogens is 3. The van der Waals surface area contributed by atoms with Crippen LogP contribution in [0.3, 0.4) is 0 Å². The Bertz CT molecular complexity index is 1390. The van der Waals surface area contributed by atoms with Crippen LogP contribution in [-0.2, 0) is 7.05 Å². The highest BCUT2D eigenvalue weighted by Gasteiger charge is 2.21. The maximum atomic E-state index is 13.4. The van der Waals surface area contributed by atoms with Gasteiger partial charge in [0, 0.05) is 50.7 Å². The van der Waals surface area contributed by atoms with E-state index in [2.05, 4.69) is 48.3 Å². The van der Waals surface area contributed by atoms with Crippen molar-refractivity contribution in [2.45, 2.75) is 39.5 Å². The molecule has 0 fully saturated rings. The van der Waals surface area contributed by atoms with Gasteiger partial charge in [-0.2, -0.15) is 0 Å². The Hall–Kier alpha value is -4.00. The first-order valence-electron chi connectivity index (χ1n) is 11.4. The normalized spacial score (nSPS) is 11.3. The molecule has 0 aliphatic rings. The molecule has 0 aliphatic carbocycles. The summed E-state index contributed by atoms with van der Waals surface area (Å²) in [4.78, 5) is 35.3. The summed E-state index contributed by atoms with van der Waals surface area (Å²) in [6, 6.07) is 12.9. The molecule has 1 aromatic carbocycles. The van der Waals surface area contributed by atoms with Gasteiger partial charge in [-0.1, -0.05) is 52.0 Å². The molecule has 0 saturated carbocycles. The number of nitrogens with one attached hydrogen (secondary N) is 2. The zero-order chi connectivity index (χ0) is 24.4. The third kappa shape index (κ3) is 4.29. The maximum Gasteiger partial charge on any atom is 0.323 e. The second-order valence-corrected chi connectivity index (χ2v) is 8.93. The third-order valence-electron chi connectivity index (χ3n) is 5.94. The van der Waals surface area contributed by atoms with E-state index in [1.165, 1.54) is 4.57 Å². The number of hydrogen-bond donors (Lipinski definition) is 2. The van der Waals surface area contributed by atoms with Crippen LogP contribution < -0.4 is 16.2 Å². The molecule has 0 spiro atoms. The van der Waals surface area contributed by atoms with Crippen molar-refractivity contribution < 1.29 is 7.65 Å². The van der Waals surface area contributed by atoms with Crippen LogP contribution in [0, 0.1) is 0 Å². The van der Waals surface area contributed by atoms with Crippen LogP contribution in [0.5, 0.6) is 0 Å². The van der Waals surface area contributed by atoms with Gasteiger partial charge in [0.1, 0.15) is 11.3 Å². The number of aryl methyl sites for hydroxylation is 1. The quantitative estimate of drug-likeness (QED) is 0.362. The van der Waals surface area contributed by atoms with E-state index in [0.717, 1.165) is 27.8 Å². The fourth-order valence-corrected chi connectivity index (χ4v) is 4.25. The first-order valence-corrected chi connectivity index (χ1v) is 11.4. The Balaban J connectivity index is 0.00000228. The first-order chi connectivity index (χ1) is 16.3. The molecule has 0 bridgehead atoms. The van der Waals surface area contributed by atoms with Crippen molar-refractivity contribution in [3.05, 3.63) is 82.5 Å². The molecule has 4 rings (SSSR count). The number of anilines is 2. The summed E-state index contributed by atoms with van der Waals surface area (Å²) < 4.78 is 1.45. The lowest BCUT2D eigenvalue weighted by molar-refractivity contribution is 0.262. The molecule has 0 atom stereocenters. The molecule has 0 unspecified atom stereocenters. The van der Waals surface area contributed by atoms with Crippen LogP contribution >= 0.6 is 0 Å². The molecule has 7 heteroatoms. The van der Waals surface area contributed by atoms with Gasteiger partial charge >= 0.3 is 6.03 Å². The molecule has 3 heterocycles. The van der Waals surface area contributed by atoms with E-state index in [4.69, 9.17) is 0 Å². The number of fused-ring (bicyclic) bond motifs is 1. The number of rotatable bonds is 5. The van der Waals surface area contributed by atoms with Crippen LogP contribution in [-0.4, -0.2) is 20.6 Å². The molecule has 3 aromatic heterocycles. The second kappa shape index (κ2) is 9.47. The summed E-state index contributed by atoms with van der Waals surface area (Å²) >= 11 is 0. The van der Waals surface area contributed by atoms with Gasteiger partial charge in [-0.15, -0.1) is 0 Å². The number of benzene rings is 1. The number of para-hydroxylation sites is 1. The summed E-state index contributed by atoms with van der Waals surface area (Å²) in [7, 11) is 1.65. The molecular formula is C27H33N5O2. The van der Waals surface area contributed by atoms with Gasteiger partial charge in [-0.25, -0.2) is 9.78 Å². The molecule has 2 amide bonds. The largest absolute Gasteiger partial charge is 0.323 e. The van der Waals surface area contributed by atoms with E-state index in [0.29, 0.717) is 11.2 Å². The van der Waals surface area contributed by atoms with Crippen molar-refractivity contribution >= 4 is 28.4 Å². The number of carbonyl (C=O) groups excluding carboxylic acids is 1. The number of amides is 2. The van der Waals surface area contributed by atoms with Gasteiger partial charge in [-0.05, 0) is 41.2 Å². The van der Waals surface area contributed by atoms with Crippen molar-refractivity contribution in [1.82, 2.24) is 14.5 Å². The van der Waals surface area contributed by atoms with Gasteiger partial charge in [0.25, 0.3) is 5.56 Å². The molecule has 0 radical (unpaired) electrons. The summed E-state index contributed by atoms with van der Waals surface area (Å²) in [5, 5.41) is 6.63. The predicted octanol–water partition coefficient (Wildman–Crippen LogP) is 6.38. The Morgan fingerprint density at radius 2 is 1.56 bits per heavy atom. The Morgan fingerprint density at radius 3 is 2.18 bits per heavy atom. The van der Waals surface area contributed by atoms with E-state index in [1.54, 1.807) is 31.7 Å². The lowest BCUT2D eigenvalue weighted by Crippen LogP contribution is -2.29. The average molecular weight is 460 g/mol. The fraction of sp³-hybridized carbons (Fsp3) is 0.259. The summed E-state index contributed by atoms with van der Waals surface area (Å²) in [6.45, 7) is 8.37. The minimum Gasteiger partial charge on any atom is -0.307 e. The van der Waals surface area contributed by atoms with E-state index in [1.807, 2.05) is 36.4 Å². The van der Waals surface area contributed by atoms with Gasteiger partial charge in [0.05, 0.1) is 0 Å². The molecule has 0 aliphatic heterocycles. The first kappa shape index (κ1) is 23.2. The molecule has 2 N–H and O–H groups in total. The van der Waals surface area contributed by atoms with Gasteiger partial charge in [0.15, 0.2) is 0 Å². The number of nitrogens with zero attached hydrogens (tertiary/aromatic N) is 3. The van der Waals surface area contributed by atoms with E-state index in [9.17, 15) is 9.59 Å². The average Bonchev–Trinajstić information content (AvgIpc) is 2.83. The van der Waals surface area contributed by atoms with Gasteiger partial charge in [0.2, 0.25) is 0 Å². The fourth-order valence-electron chi connectivity index (χ4n) is 4.25. The highest BCUT2D eigenvalue weighted by Crippen LogP contribution is 2.34. The van der Waals surface area contributed by atoms with Crippen molar-refractivity contribution in [1.29, 1.82) is 0 Å². The summed E-state index contributed by atoms with van der Waals surface area (Å²) in [5.74, 6) is 0.444. The second-order valence-electron chi connectivity index (χ2n) is 8.93. The monoisotopic (exact) mass is 459 g/mol. The van der Waals surface area contributed by atoms with Crippen molar-refractivity contribution in [2.24, 2.45) is 7.05 Å². The smallest absolute Gasteiger partial charge is 0.307 e. The number of hydrogen-bond acceptors (Lipinski definition) is 4. The van der Waals surface area contributed by atoms with E-state index >= 15 is 0 Å². The third-order valence-corrected chi connectivity index (χ3v) is 5.94. The van der Waals surface area contributed by atoms with E-state index < -0.39 is 6.03 Å². The minimum atomic E-state index is -0.472. The van der Waals surface area contributed by atoms with Crippen molar-refractivity contribution in [2.75, 3.05) is 10.6 Å². The lowest BCUT2D eigenvalue weighted by atomic mass is 9.93. The van der Waals surface area contributed by atoms with Crippen LogP contribution in [0.1, 0.15) is 53.5 Å². The Labute approximate surface area is 201 Å². The maximum absolute atomic E-state index is 13.4. The molecule has 0 saturated heterocycles. The molecule has 7 nitrogen and oxygen atoms in total. The highest BCUT2D eigenvalue weighted by molar-refractivity contribution is 6.07. The number of pyridine rings is 3. The van der Waals surface area contributed by atoms with Crippen LogP contribution in [0.15, 0.2) is 65.8 Å². The number of carbonyl (C=O) groups is 1. The molecule has 178 valence electrons. The minimum absolute atomic E-state index is 0. The summed E-state index contributed by atoms with van der Waals surface area (Å²) in [5.41, 5.74) is 4.56. The standard InChI is InChI=1S/C27H29N5O2.2H2/c1-16(2)19-10-6-11-20(17(3)4)23(19)30-27(34)31-24-22(18-9-7-13-28-15-18)21-12-8-14-29-25(21)32(5)26(24)33;;/h6-17H,1-5H3,(H2,30,31,34);2*1H. The zero-order valence-corrected chi connectivity index (χ0v) is 20.1. The van der Waals surface area contributed by atoms with E-state index in [-0.39, 0.29) is 25.9 Å². The summed E-state index contributed by atoms with van der Waals surface area (Å²) in [6.07, 6.45) is 4.99. The van der Waals surface area contributed by atoms with Crippen LogP contribution in [0.2, 0.25) is 0 Å². The van der Waals surface area contributed by atoms with Crippen LogP contribution in [0.4, 0.5) is 16.2 Å². The number of urea groups is 1. The lowest BCUT2D eigenvalue weighted by Gasteiger charge is -2.21. The van der Waals surface area contributed by atoms with Gasteiger partial charge < -0.3 is 10.6 Å². The van der Waals surface area contributed by atoms with Crippen molar-refractivity contribution in [3.63, 3.8) is 0 Å².